The zero-order valence-corrected chi connectivity index (χ0v) is 19.7. The Kier molecular flexibility index (Phi) is 27.1. The second-order valence-electron chi connectivity index (χ2n) is 5.28. The van der Waals surface area contributed by atoms with Gasteiger partial charge in [-0.1, -0.05) is 66.5 Å². The first kappa shape index (κ1) is 31.4. The molecule has 0 aliphatic rings. The van der Waals surface area contributed by atoms with Crippen molar-refractivity contribution in [2.75, 3.05) is 0 Å². The predicted octanol–water partition coefficient (Wildman–Crippen LogP) is -0.143. The number of hydrogen-bond acceptors (Lipinski definition) is 0. The molecule has 0 fully saturated rings. The summed E-state index contributed by atoms with van der Waals surface area (Å²) in [5.41, 5.74) is 5.80. The van der Waals surface area contributed by atoms with Crippen molar-refractivity contribution >= 4 is 9.52 Å². The minimum absolute atomic E-state index is 0. The number of halogens is 2. The number of rotatable bonds is 4. The molecule has 0 heterocycles. The van der Waals surface area contributed by atoms with Gasteiger partial charge in [-0.3, -0.25) is 0 Å². The van der Waals surface area contributed by atoms with Crippen LogP contribution in [0.3, 0.4) is 0 Å². The third-order valence-corrected chi connectivity index (χ3v) is 4.79. The van der Waals surface area contributed by atoms with Gasteiger partial charge >= 0.3 is 26.2 Å². The monoisotopic (exact) mass is 429 g/mol. The van der Waals surface area contributed by atoms with Crippen LogP contribution in [0.4, 0.5) is 0 Å². The topological polar surface area (TPSA) is 0 Å². The molecule has 0 atom stereocenters. The molecular weight excluding hydrogens is 398 g/mol. The summed E-state index contributed by atoms with van der Waals surface area (Å²) in [6.45, 7) is 13.2. The van der Waals surface area contributed by atoms with E-state index in [1.165, 1.54) is 47.2 Å². The second kappa shape index (κ2) is 20.7. The SMILES string of the molecule is CC[SiH]CC.CC[c-]1cccc1C.CC[c-]1cccc1C.[F-].[F-].[Zr+4]. The van der Waals surface area contributed by atoms with Crippen LogP contribution in [0.1, 0.15) is 49.9 Å². The van der Waals surface area contributed by atoms with Gasteiger partial charge < -0.3 is 9.41 Å². The van der Waals surface area contributed by atoms with Gasteiger partial charge in [0.15, 0.2) is 0 Å². The molecule has 0 spiro atoms. The Bertz CT molecular complexity index is 421. The van der Waals surface area contributed by atoms with Gasteiger partial charge in [-0.2, -0.15) is 34.4 Å². The molecule has 0 amide bonds. The van der Waals surface area contributed by atoms with E-state index in [9.17, 15) is 0 Å². The molecule has 2 aromatic rings. The van der Waals surface area contributed by atoms with Crippen molar-refractivity contribution < 1.29 is 35.6 Å². The van der Waals surface area contributed by atoms with Crippen LogP contribution in [-0.2, 0) is 39.0 Å². The van der Waals surface area contributed by atoms with E-state index < -0.39 is 0 Å². The fourth-order valence-electron chi connectivity index (χ4n) is 2.18. The average molecular weight is 431 g/mol. The molecule has 0 aromatic heterocycles. The fraction of sp³-hybridized carbons (Fsp3) is 0.500. The van der Waals surface area contributed by atoms with E-state index in [-0.39, 0.29) is 35.6 Å². The first-order valence-corrected chi connectivity index (χ1v) is 9.97. The van der Waals surface area contributed by atoms with E-state index in [1.54, 1.807) is 0 Å². The summed E-state index contributed by atoms with van der Waals surface area (Å²) < 4.78 is 0. The molecule has 135 valence electrons. The summed E-state index contributed by atoms with van der Waals surface area (Å²) in [5.74, 6) is 0. The van der Waals surface area contributed by atoms with Gasteiger partial charge in [-0.15, -0.1) is 0 Å². The first-order chi connectivity index (χ1) is 10.1. The minimum atomic E-state index is 0. The van der Waals surface area contributed by atoms with Gasteiger partial charge in [-0.25, -0.2) is 24.3 Å². The maximum atomic E-state index is 2.25. The summed E-state index contributed by atoms with van der Waals surface area (Å²) in [5, 5.41) is 0. The standard InChI is InChI=1S/2C8H11.C4H11Si.2FH.Zr/c2*1-3-8-6-4-5-7(8)2;1-3-5-4-2;;;/h2*4-6H,3H2,1-2H3;5H,3-4H2,1-2H3;2*1H;/q2*-1;;;;+4/p-2. The zero-order chi connectivity index (χ0) is 16.1. The third-order valence-electron chi connectivity index (χ3n) is 3.64. The maximum absolute atomic E-state index is 2.25. The molecule has 2 rings (SSSR count). The Hall–Kier alpha value is -0.340. The van der Waals surface area contributed by atoms with Crippen molar-refractivity contribution in [3.8, 4) is 0 Å². The van der Waals surface area contributed by atoms with Crippen LogP contribution in [0.2, 0.25) is 12.1 Å². The van der Waals surface area contributed by atoms with Crippen LogP contribution in [0.25, 0.3) is 0 Å². The average Bonchev–Trinajstić information content (AvgIpc) is 3.09. The molecule has 0 saturated carbocycles. The third kappa shape index (κ3) is 14.0. The van der Waals surface area contributed by atoms with E-state index in [0.29, 0.717) is 0 Å². The molecule has 0 aliphatic carbocycles. The fourth-order valence-corrected chi connectivity index (χ4v) is 2.75. The Balaban J connectivity index is -0.000000121. The smallest absolute Gasteiger partial charge is 1.00 e. The normalized spacial score (nSPS) is 8.25. The van der Waals surface area contributed by atoms with Crippen LogP contribution < -0.4 is 9.41 Å². The van der Waals surface area contributed by atoms with Crippen LogP contribution >= 0.6 is 0 Å². The van der Waals surface area contributed by atoms with Crippen molar-refractivity contribution in [1.29, 1.82) is 0 Å². The van der Waals surface area contributed by atoms with Gasteiger partial charge in [0.2, 0.25) is 0 Å². The second-order valence-corrected chi connectivity index (χ2v) is 7.49. The Morgan fingerprint density at radius 1 is 0.750 bits per heavy atom. The molecule has 24 heavy (non-hydrogen) atoms. The van der Waals surface area contributed by atoms with E-state index in [4.69, 9.17) is 0 Å². The van der Waals surface area contributed by atoms with Crippen molar-refractivity contribution in [3.63, 3.8) is 0 Å². The Labute approximate surface area is 169 Å². The predicted molar refractivity (Wildman–Crippen MR) is 100 cm³/mol. The van der Waals surface area contributed by atoms with Crippen molar-refractivity contribution in [2.24, 2.45) is 0 Å². The van der Waals surface area contributed by atoms with E-state index >= 15 is 0 Å². The zero-order valence-electron chi connectivity index (χ0n) is 16.1. The van der Waals surface area contributed by atoms with E-state index in [0.717, 1.165) is 9.52 Å². The Morgan fingerprint density at radius 2 is 1.08 bits per heavy atom. The summed E-state index contributed by atoms with van der Waals surface area (Å²) in [6.07, 6.45) is 2.33. The van der Waals surface area contributed by atoms with E-state index in [1.807, 2.05) is 0 Å². The van der Waals surface area contributed by atoms with Crippen molar-refractivity contribution in [3.05, 3.63) is 58.7 Å². The summed E-state index contributed by atoms with van der Waals surface area (Å²) >= 11 is 0. The molecule has 1 radical (unpaired) electrons. The largest absolute Gasteiger partial charge is 4.00 e. The van der Waals surface area contributed by atoms with Gasteiger partial charge in [0, 0.05) is 9.52 Å². The maximum Gasteiger partial charge on any atom is 4.00 e. The van der Waals surface area contributed by atoms with Crippen LogP contribution in [0.5, 0.6) is 0 Å². The van der Waals surface area contributed by atoms with Gasteiger partial charge in [0.25, 0.3) is 0 Å². The van der Waals surface area contributed by atoms with Gasteiger partial charge in [0.1, 0.15) is 0 Å². The first-order valence-electron chi connectivity index (χ1n) is 8.34. The molecule has 0 N–H and O–H groups in total. The number of aryl methyl sites for hydroxylation is 4. The molecule has 2 aromatic carbocycles. The van der Waals surface area contributed by atoms with Crippen LogP contribution in [-0.4, -0.2) is 9.52 Å². The summed E-state index contributed by atoms with van der Waals surface area (Å²) in [4.78, 5) is 0. The molecule has 0 saturated heterocycles. The van der Waals surface area contributed by atoms with Crippen LogP contribution in [0.15, 0.2) is 36.4 Å². The van der Waals surface area contributed by atoms with Crippen molar-refractivity contribution in [2.45, 2.75) is 66.5 Å². The van der Waals surface area contributed by atoms with Gasteiger partial charge in [-0.05, 0) is 0 Å². The summed E-state index contributed by atoms with van der Waals surface area (Å²) in [6, 6.07) is 15.7. The molecule has 4 heteroatoms. The molecular formula is C20H33F2SiZr. The number of hydrogen-bond donors (Lipinski definition) is 0. The quantitative estimate of drug-likeness (QED) is 0.468. The minimum Gasteiger partial charge on any atom is -1.00 e. The molecule has 0 unspecified atom stereocenters. The van der Waals surface area contributed by atoms with Crippen LogP contribution in [0, 0.1) is 13.8 Å². The Morgan fingerprint density at radius 3 is 1.17 bits per heavy atom. The summed E-state index contributed by atoms with van der Waals surface area (Å²) in [7, 11) is 0.815. The van der Waals surface area contributed by atoms with Gasteiger partial charge in [0.05, 0.1) is 0 Å². The van der Waals surface area contributed by atoms with E-state index in [2.05, 4.69) is 77.9 Å². The molecule has 0 nitrogen and oxygen atoms in total. The molecule has 0 bridgehead atoms. The molecule has 0 aliphatic heterocycles. The van der Waals surface area contributed by atoms with Crippen molar-refractivity contribution in [1.82, 2.24) is 0 Å².